The van der Waals surface area contributed by atoms with Crippen LogP contribution in [-0.2, 0) is 15.6 Å². The standard InChI is InChI=1S/C22H21N7O2S2/c1-2-33(30,31)28-14-22(15-28,9-10-23)29-13-16(12-24-29)19-20-18(8-11-32-20)26-21(27-19)25-17-6-4-3-5-7-17/h3-8,11-13H,2,9,14-15H2,1H3,(H,25,26,27). The summed E-state index contributed by atoms with van der Waals surface area (Å²) in [6, 6.07) is 13.8. The molecule has 0 bridgehead atoms. The quantitative estimate of drug-likeness (QED) is 0.431. The van der Waals surface area contributed by atoms with Crippen LogP contribution in [0.3, 0.4) is 0 Å². The van der Waals surface area contributed by atoms with Gasteiger partial charge in [0.05, 0.1) is 40.4 Å². The first-order valence-electron chi connectivity index (χ1n) is 10.4. The summed E-state index contributed by atoms with van der Waals surface area (Å²) in [5, 5.41) is 19.1. The number of hydrogen-bond acceptors (Lipinski definition) is 8. The molecule has 0 aliphatic carbocycles. The molecule has 0 unspecified atom stereocenters. The fourth-order valence-corrected chi connectivity index (χ4v) is 6.03. The number of thiophene rings is 1. The monoisotopic (exact) mass is 479 g/mol. The van der Waals surface area contributed by atoms with Gasteiger partial charge in [0, 0.05) is 30.5 Å². The molecular formula is C22H21N7O2S2. The molecule has 33 heavy (non-hydrogen) atoms. The van der Waals surface area contributed by atoms with Gasteiger partial charge in [-0.15, -0.1) is 11.3 Å². The maximum Gasteiger partial charge on any atom is 0.228 e. The normalized spacial score (nSPS) is 15.8. The average Bonchev–Trinajstić information content (AvgIpc) is 3.46. The molecule has 5 rings (SSSR count). The number of anilines is 2. The number of hydrogen-bond donors (Lipinski definition) is 1. The van der Waals surface area contributed by atoms with E-state index in [0.29, 0.717) is 5.95 Å². The van der Waals surface area contributed by atoms with Gasteiger partial charge in [-0.05, 0) is 30.5 Å². The Bertz CT molecular complexity index is 1450. The largest absolute Gasteiger partial charge is 0.324 e. The Morgan fingerprint density at radius 3 is 2.73 bits per heavy atom. The molecule has 1 aliphatic rings. The predicted octanol–water partition coefficient (Wildman–Crippen LogP) is 3.57. The van der Waals surface area contributed by atoms with E-state index >= 15 is 0 Å². The Balaban J connectivity index is 1.50. The summed E-state index contributed by atoms with van der Waals surface area (Å²) < 4.78 is 28.5. The van der Waals surface area contributed by atoms with Crippen molar-refractivity contribution in [2.45, 2.75) is 18.9 Å². The number of para-hydroxylation sites is 1. The molecule has 1 aromatic carbocycles. The van der Waals surface area contributed by atoms with Crippen LogP contribution >= 0.6 is 11.3 Å². The van der Waals surface area contributed by atoms with Gasteiger partial charge in [0.25, 0.3) is 0 Å². The van der Waals surface area contributed by atoms with E-state index in [1.54, 1.807) is 29.1 Å². The van der Waals surface area contributed by atoms with Crippen LogP contribution in [0, 0.1) is 11.3 Å². The first-order valence-corrected chi connectivity index (χ1v) is 12.9. The van der Waals surface area contributed by atoms with Gasteiger partial charge in [0.2, 0.25) is 16.0 Å². The molecule has 0 atom stereocenters. The lowest BCUT2D eigenvalue weighted by Crippen LogP contribution is -2.64. The third-order valence-corrected chi connectivity index (χ3v) is 8.47. The number of aromatic nitrogens is 4. The minimum Gasteiger partial charge on any atom is -0.324 e. The van der Waals surface area contributed by atoms with Gasteiger partial charge in [-0.25, -0.2) is 18.4 Å². The van der Waals surface area contributed by atoms with Crippen molar-refractivity contribution in [2.24, 2.45) is 0 Å². The van der Waals surface area contributed by atoms with Crippen LogP contribution in [0.15, 0.2) is 54.2 Å². The predicted molar refractivity (Wildman–Crippen MR) is 128 cm³/mol. The fraction of sp³-hybridized carbons (Fsp3) is 0.273. The lowest BCUT2D eigenvalue weighted by molar-refractivity contribution is 0.0719. The van der Waals surface area contributed by atoms with Gasteiger partial charge in [-0.2, -0.15) is 14.7 Å². The summed E-state index contributed by atoms with van der Waals surface area (Å²) in [7, 11) is -3.31. The molecule has 1 N–H and O–H groups in total. The molecule has 168 valence electrons. The minimum absolute atomic E-state index is 0.0362. The van der Waals surface area contributed by atoms with Crippen molar-refractivity contribution in [1.29, 1.82) is 5.26 Å². The fourth-order valence-electron chi connectivity index (χ4n) is 3.94. The Morgan fingerprint density at radius 1 is 1.21 bits per heavy atom. The highest BCUT2D eigenvalue weighted by molar-refractivity contribution is 7.89. The van der Waals surface area contributed by atoms with Gasteiger partial charge >= 0.3 is 0 Å². The Labute approximate surface area is 195 Å². The zero-order valence-corrected chi connectivity index (χ0v) is 19.5. The van der Waals surface area contributed by atoms with Crippen LogP contribution in [0.2, 0.25) is 0 Å². The van der Waals surface area contributed by atoms with Gasteiger partial charge in [-0.1, -0.05) is 18.2 Å². The molecule has 0 spiro atoms. The van der Waals surface area contributed by atoms with Crippen LogP contribution < -0.4 is 5.32 Å². The topological polar surface area (TPSA) is 117 Å². The Morgan fingerprint density at radius 2 is 2.00 bits per heavy atom. The molecule has 0 saturated carbocycles. The van der Waals surface area contributed by atoms with E-state index in [0.717, 1.165) is 27.2 Å². The third kappa shape index (κ3) is 3.86. The van der Waals surface area contributed by atoms with E-state index in [2.05, 4.69) is 21.5 Å². The van der Waals surface area contributed by atoms with E-state index in [-0.39, 0.29) is 25.3 Å². The van der Waals surface area contributed by atoms with Crippen molar-refractivity contribution in [1.82, 2.24) is 24.1 Å². The number of sulfonamides is 1. The van der Waals surface area contributed by atoms with Crippen molar-refractivity contribution in [3.05, 3.63) is 54.2 Å². The lowest BCUT2D eigenvalue weighted by atomic mass is 9.89. The summed E-state index contributed by atoms with van der Waals surface area (Å²) in [6.45, 7) is 2.09. The number of nitriles is 1. The summed E-state index contributed by atoms with van der Waals surface area (Å²) in [4.78, 5) is 9.37. The SMILES string of the molecule is CCS(=O)(=O)N1CC(CC#N)(n2cc(-c3nc(Nc4ccccc4)nc4ccsc34)cn2)C1. The van der Waals surface area contributed by atoms with Crippen LogP contribution in [0.4, 0.5) is 11.6 Å². The second-order valence-corrected chi connectivity index (χ2v) is 11.1. The maximum atomic E-state index is 12.2. The first-order chi connectivity index (χ1) is 15.9. The van der Waals surface area contributed by atoms with Gasteiger partial charge in [0.1, 0.15) is 5.54 Å². The molecule has 11 heteroatoms. The molecule has 0 amide bonds. The van der Waals surface area contributed by atoms with Crippen molar-refractivity contribution >= 4 is 43.2 Å². The number of fused-ring (bicyclic) bond motifs is 1. The van der Waals surface area contributed by atoms with Crippen molar-refractivity contribution < 1.29 is 8.42 Å². The second kappa shape index (κ2) is 8.22. The molecule has 1 saturated heterocycles. The van der Waals surface area contributed by atoms with Gasteiger partial charge in [-0.3, -0.25) is 4.68 Å². The summed E-state index contributed by atoms with van der Waals surface area (Å²) in [5.41, 5.74) is 2.56. The molecule has 1 aliphatic heterocycles. The highest BCUT2D eigenvalue weighted by atomic mass is 32.2. The molecule has 3 aromatic heterocycles. The van der Waals surface area contributed by atoms with Crippen molar-refractivity contribution in [3.63, 3.8) is 0 Å². The molecule has 9 nitrogen and oxygen atoms in total. The zero-order chi connectivity index (χ0) is 23.1. The third-order valence-electron chi connectivity index (χ3n) is 5.78. The highest BCUT2D eigenvalue weighted by Gasteiger charge is 2.49. The van der Waals surface area contributed by atoms with Crippen molar-refractivity contribution in [3.8, 4) is 17.3 Å². The molecule has 0 radical (unpaired) electrons. The minimum atomic E-state index is -3.31. The molecule has 4 aromatic rings. The Hall–Kier alpha value is -3.33. The zero-order valence-electron chi connectivity index (χ0n) is 17.8. The van der Waals surface area contributed by atoms with Crippen LogP contribution in [0.5, 0.6) is 0 Å². The smallest absolute Gasteiger partial charge is 0.228 e. The number of rotatable bonds is 7. The summed E-state index contributed by atoms with van der Waals surface area (Å²) >= 11 is 1.55. The van der Waals surface area contributed by atoms with E-state index in [1.807, 2.05) is 48.0 Å². The lowest BCUT2D eigenvalue weighted by Gasteiger charge is -2.47. The van der Waals surface area contributed by atoms with Crippen LogP contribution in [0.1, 0.15) is 13.3 Å². The summed E-state index contributed by atoms with van der Waals surface area (Å²) in [6.07, 6.45) is 3.73. The second-order valence-electron chi connectivity index (χ2n) is 7.92. The average molecular weight is 480 g/mol. The number of nitrogens with one attached hydrogen (secondary N) is 1. The Kier molecular flexibility index (Phi) is 5.36. The molecular weight excluding hydrogens is 458 g/mol. The van der Waals surface area contributed by atoms with Gasteiger partial charge in [0.15, 0.2) is 0 Å². The van der Waals surface area contributed by atoms with Crippen LogP contribution in [-0.4, -0.2) is 51.3 Å². The first kappa shape index (κ1) is 21.5. The summed E-state index contributed by atoms with van der Waals surface area (Å²) in [5.74, 6) is 0.513. The van der Waals surface area contributed by atoms with Gasteiger partial charge < -0.3 is 5.32 Å². The number of nitrogens with zero attached hydrogens (tertiary/aromatic N) is 6. The molecule has 4 heterocycles. The van der Waals surface area contributed by atoms with Crippen LogP contribution in [0.25, 0.3) is 21.5 Å². The van der Waals surface area contributed by atoms with E-state index in [9.17, 15) is 13.7 Å². The molecule has 1 fully saturated rings. The van der Waals surface area contributed by atoms with E-state index in [1.165, 1.54) is 4.31 Å². The number of benzene rings is 1. The van der Waals surface area contributed by atoms with Crippen molar-refractivity contribution in [2.75, 3.05) is 24.2 Å². The highest BCUT2D eigenvalue weighted by Crippen LogP contribution is 2.37. The van der Waals surface area contributed by atoms with E-state index in [4.69, 9.17) is 4.98 Å². The maximum absolute atomic E-state index is 12.2. The van der Waals surface area contributed by atoms with E-state index < -0.39 is 15.6 Å².